The number of benzene rings is 2. The molecule has 0 spiro atoms. The number of aromatic nitrogens is 1. The molecular weight excluding hydrogens is 314 g/mol. The van der Waals surface area contributed by atoms with E-state index in [-0.39, 0.29) is 11.9 Å². The Morgan fingerprint density at radius 3 is 2.64 bits per heavy atom. The molecule has 1 aliphatic rings. The predicted molar refractivity (Wildman–Crippen MR) is 98.2 cm³/mol. The summed E-state index contributed by atoms with van der Waals surface area (Å²) in [6.07, 6.45) is 1.93. The van der Waals surface area contributed by atoms with Crippen molar-refractivity contribution in [1.29, 1.82) is 0 Å². The Kier molecular flexibility index (Phi) is 4.39. The second-order valence-corrected chi connectivity index (χ2v) is 6.31. The molecule has 3 aromatic rings. The van der Waals surface area contributed by atoms with Gasteiger partial charge in [-0.25, -0.2) is 0 Å². The number of rotatable bonds is 4. The van der Waals surface area contributed by atoms with Crippen LogP contribution in [0.1, 0.15) is 23.3 Å². The van der Waals surface area contributed by atoms with Crippen molar-refractivity contribution in [2.75, 3.05) is 13.1 Å². The summed E-state index contributed by atoms with van der Waals surface area (Å²) < 4.78 is 5.97. The van der Waals surface area contributed by atoms with Gasteiger partial charge >= 0.3 is 0 Å². The number of hydrogen-bond acceptors (Lipinski definition) is 3. The third-order valence-corrected chi connectivity index (χ3v) is 4.51. The van der Waals surface area contributed by atoms with Crippen LogP contribution in [0.25, 0.3) is 10.9 Å². The van der Waals surface area contributed by atoms with Gasteiger partial charge in [-0.05, 0) is 56.3 Å². The van der Waals surface area contributed by atoms with Crippen molar-refractivity contribution in [2.45, 2.75) is 18.9 Å². The van der Waals surface area contributed by atoms with E-state index >= 15 is 0 Å². The molecule has 0 unspecified atom stereocenters. The Labute approximate surface area is 146 Å². The summed E-state index contributed by atoms with van der Waals surface area (Å²) in [6, 6.07) is 17.5. The van der Waals surface area contributed by atoms with Crippen LogP contribution >= 0.6 is 0 Å². The van der Waals surface area contributed by atoms with Crippen LogP contribution in [0.5, 0.6) is 11.5 Å². The van der Waals surface area contributed by atoms with Gasteiger partial charge < -0.3 is 20.4 Å². The maximum Gasteiger partial charge on any atom is 0.267 e. The van der Waals surface area contributed by atoms with E-state index in [1.54, 1.807) is 0 Å². The van der Waals surface area contributed by atoms with Crippen molar-refractivity contribution in [1.82, 2.24) is 15.6 Å². The molecule has 1 saturated heterocycles. The fourth-order valence-corrected chi connectivity index (χ4v) is 3.18. The van der Waals surface area contributed by atoms with Crippen LogP contribution in [0.15, 0.2) is 54.6 Å². The van der Waals surface area contributed by atoms with E-state index in [4.69, 9.17) is 4.74 Å². The van der Waals surface area contributed by atoms with Gasteiger partial charge in [0, 0.05) is 16.9 Å². The molecule has 0 saturated carbocycles. The average Bonchev–Trinajstić information content (AvgIpc) is 3.09. The van der Waals surface area contributed by atoms with Gasteiger partial charge in [0.25, 0.3) is 5.91 Å². The number of hydrogen-bond donors (Lipinski definition) is 3. The van der Waals surface area contributed by atoms with E-state index in [1.807, 2.05) is 54.6 Å². The number of aromatic amines is 1. The van der Waals surface area contributed by atoms with Crippen molar-refractivity contribution in [3.63, 3.8) is 0 Å². The van der Waals surface area contributed by atoms with Gasteiger partial charge in [0.15, 0.2) is 0 Å². The number of carbonyl (C=O) groups excluding carboxylic acids is 1. The number of fused-ring (bicyclic) bond motifs is 1. The highest BCUT2D eigenvalue weighted by Gasteiger charge is 2.18. The van der Waals surface area contributed by atoms with E-state index < -0.39 is 0 Å². The highest BCUT2D eigenvalue weighted by Crippen LogP contribution is 2.30. The normalized spacial score (nSPS) is 15.2. The van der Waals surface area contributed by atoms with E-state index in [1.165, 1.54) is 0 Å². The summed E-state index contributed by atoms with van der Waals surface area (Å²) in [5.41, 5.74) is 1.46. The molecule has 3 N–H and O–H groups in total. The molecular formula is C20H21N3O2. The van der Waals surface area contributed by atoms with Crippen LogP contribution in [-0.4, -0.2) is 30.0 Å². The van der Waals surface area contributed by atoms with Crippen LogP contribution in [-0.2, 0) is 0 Å². The van der Waals surface area contributed by atoms with Gasteiger partial charge in [0.2, 0.25) is 0 Å². The third-order valence-electron chi connectivity index (χ3n) is 4.51. The molecule has 1 fully saturated rings. The minimum Gasteiger partial charge on any atom is -0.457 e. The van der Waals surface area contributed by atoms with Crippen molar-refractivity contribution >= 4 is 16.8 Å². The molecule has 25 heavy (non-hydrogen) atoms. The highest BCUT2D eigenvalue weighted by molar-refractivity contribution is 5.99. The summed E-state index contributed by atoms with van der Waals surface area (Å²) in [4.78, 5) is 15.8. The average molecular weight is 335 g/mol. The molecule has 4 rings (SSSR count). The molecule has 1 aromatic heterocycles. The Hall–Kier alpha value is -2.79. The lowest BCUT2D eigenvalue weighted by Crippen LogP contribution is -2.42. The van der Waals surface area contributed by atoms with E-state index in [2.05, 4.69) is 15.6 Å². The molecule has 2 heterocycles. The second-order valence-electron chi connectivity index (χ2n) is 6.31. The summed E-state index contributed by atoms with van der Waals surface area (Å²) >= 11 is 0. The molecule has 2 aromatic carbocycles. The number of amides is 1. The molecule has 5 heteroatoms. The lowest BCUT2D eigenvalue weighted by molar-refractivity contribution is 0.0925. The topological polar surface area (TPSA) is 66.2 Å². The Morgan fingerprint density at radius 2 is 1.84 bits per heavy atom. The van der Waals surface area contributed by atoms with E-state index in [0.717, 1.165) is 48.3 Å². The minimum absolute atomic E-state index is 0.0613. The first-order valence-corrected chi connectivity index (χ1v) is 8.66. The maximum atomic E-state index is 12.5. The summed E-state index contributed by atoms with van der Waals surface area (Å²) in [5, 5.41) is 7.32. The Balaban J connectivity index is 1.57. The number of nitrogens with one attached hydrogen (secondary N) is 3. The quantitative estimate of drug-likeness (QED) is 0.684. The fourth-order valence-electron chi connectivity index (χ4n) is 3.18. The van der Waals surface area contributed by atoms with Gasteiger partial charge in [-0.15, -0.1) is 0 Å². The highest BCUT2D eigenvalue weighted by atomic mass is 16.5. The number of ether oxygens (including phenoxy) is 1. The molecule has 5 nitrogen and oxygen atoms in total. The van der Waals surface area contributed by atoms with Crippen molar-refractivity contribution in [3.05, 3.63) is 60.3 Å². The number of carbonyl (C=O) groups is 1. The zero-order chi connectivity index (χ0) is 17.1. The van der Waals surface area contributed by atoms with Crippen molar-refractivity contribution in [3.8, 4) is 11.5 Å². The van der Waals surface area contributed by atoms with Crippen LogP contribution < -0.4 is 15.4 Å². The molecule has 1 aliphatic heterocycles. The molecule has 0 bridgehead atoms. The van der Waals surface area contributed by atoms with Crippen molar-refractivity contribution < 1.29 is 9.53 Å². The lowest BCUT2D eigenvalue weighted by Gasteiger charge is -2.23. The second kappa shape index (κ2) is 6.99. The largest absolute Gasteiger partial charge is 0.457 e. The van der Waals surface area contributed by atoms with Gasteiger partial charge in [0.05, 0.1) is 0 Å². The monoisotopic (exact) mass is 335 g/mol. The zero-order valence-corrected chi connectivity index (χ0v) is 13.9. The number of para-hydroxylation sites is 1. The maximum absolute atomic E-state index is 12.5. The summed E-state index contributed by atoms with van der Waals surface area (Å²) in [6.45, 7) is 1.90. The first kappa shape index (κ1) is 15.7. The van der Waals surface area contributed by atoms with Crippen LogP contribution in [0, 0.1) is 0 Å². The fraction of sp³-hybridized carbons (Fsp3) is 0.250. The van der Waals surface area contributed by atoms with Gasteiger partial charge in [-0.1, -0.05) is 24.3 Å². The van der Waals surface area contributed by atoms with E-state index in [9.17, 15) is 4.79 Å². The standard InChI is InChI=1S/C20H21N3O2/c24-20(22-14-9-11-21-12-10-14)18-13-16-17(23-18)7-4-8-19(16)25-15-5-2-1-3-6-15/h1-8,13-14,21,23H,9-12H2,(H,22,24). The Morgan fingerprint density at radius 1 is 1.04 bits per heavy atom. The van der Waals surface area contributed by atoms with Crippen LogP contribution in [0.4, 0.5) is 0 Å². The van der Waals surface area contributed by atoms with Gasteiger partial charge in [-0.3, -0.25) is 4.79 Å². The lowest BCUT2D eigenvalue weighted by atomic mass is 10.1. The molecule has 0 radical (unpaired) electrons. The summed E-state index contributed by atoms with van der Waals surface area (Å²) in [5.74, 6) is 1.45. The molecule has 0 atom stereocenters. The Bertz CT molecular complexity index is 867. The number of H-pyrrole nitrogens is 1. The minimum atomic E-state index is -0.0613. The predicted octanol–water partition coefficient (Wildman–Crippen LogP) is 3.44. The van der Waals surface area contributed by atoms with Crippen molar-refractivity contribution in [2.24, 2.45) is 0 Å². The molecule has 0 aliphatic carbocycles. The third kappa shape index (κ3) is 3.51. The molecule has 1 amide bonds. The first-order valence-electron chi connectivity index (χ1n) is 8.66. The zero-order valence-electron chi connectivity index (χ0n) is 13.9. The number of piperidine rings is 1. The van der Waals surface area contributed by atoms with Crippen LogP contribution in [0.2, 0.25) is 0 Å². The SMILES string of the molecule is O=C(NC1CCNCC1)c1cc2c(Oc3ccccc3)cccc2[nH]1. The first-order chi connectivity index (χ1) is 12.3. The summed E-state index contributed by atoms with van der Waals surface area (Å²) in [7, 11) is 0. The van der Waals surface area contributed by atoms with Gasteiger partial charge in [0.1, 0.15) is 17.2 Å². The van der Waals surface area contributed by atoms with E-state index in [0.29, 0.717) is 5.69 Å². The van der Waals surface area contributed by atoms with Crippen LogP contribution in [0.3, 0.4) is 0 Å². The smallest absolute Gasteiger partial charge is 0.267 e. The molecule has 128 valence electrons. The van der Waals surface area contributed by atoms with Gasteiger partial charge in [-0.2, -0.15) is 0 Å².